The third-order valence-electron chi connectivity index (χ3n) is 3.18. The van der Waals surface area contributed by atoms with Gasteiger partial charge in [-0.25, -0.2) is 26.7 Å². The van der Waals surface area contributed by atoms with Crippen molar-refractivity contribution in [3.8, 4) is 5.75 Å². The van der Waals surface area contributed by atoms with Crippen molar-refractivity contribution >= 4 is 20.0 Å². The minimum atomic E-state index is -3.93. The molecule has 118 valence electrons. The second-order valence-corrected chi connectivity index (χ2v) is 8.46. The van der Waals surface area contributed by atoms with Crippen molar-refractivity contribution in [3.05, 3.63) is 23.8 Å². The highest BCUT2D eigenvalue weighted by molar-refractivity contribution is 7.89. The molecule has 1 aromatic carbocycles. The molecule has 0 aliphatic heterocycles. The molecule has 0 unspecified atom stereocenters. The summed E-state index contributed by atoms with van der Waals surface area (Å²) < 4.78 is 53.9. The fraction of sp³-hybridized carbons (Fsp3) is 0.500. The van der Waals surface area contributed by atoms with Crippen LogP contribution in [0.1, 0.15) is 18.4 Å². The highest BCUT2D eigenvalue weighted by Crippen LogP contribution is 2.30. The van der Waals surface area contributed by atoms with E-state index in [2.05, 4.69) is 4.72 Å². The molecule has 21 heavy (non-hydrogen) atoms. The van der Waals surface area contributed by atoms with Crippen molar-refractivity contribution in [1.82, 2.24) is 4.72 Å². The normalized spacial score (nSPS) is 15.9. The van der Waals surface area contributed by atoms with Crippen LogP contribution in [-0.2, 0) is 26.6 Å². The van der Waals surface area contributed by atoms with Gasteiger partial charge in [0, 0.05) is 6.54 Å². The second kappa shape index (κ2) is 5.91. The van der Waals surface area contributed by atoms with Crippen LogP contribution in [0.2, 0.25) is 0 Å². The number of benzene rings is 1. The minimum absolute atomic E-state index is 0.0154. The number of hydrogen-bond donors (Lipinski definition) is 2. The van der Waals surface area contributed by atoms with Gasteiger partial charge in [0.1, 0.15) is 10.6 Å². The van der Waals surface area contributed by atoms with Gasteiger partial charge in [0.05, 0.1) is 12.9 Å². The topological polar surface area (TPSA) is 116 Å². The predicted octanol–water partition coefficient (Wildman–Crippen LogP) is 0.172. The molecule has 0 atom stereocenters. The molecule has 0 heterocycles. The van der Waals surface area contributed by atoms with Crippen molar-refractivity contribution in [2.45, 2.75) is 24.3 Å². The summed E-state index contributed by atoms with van der Waals surface area (Å²) in [6.45, 7) is 0.0154. The Bertz CT molecular complexity index is 724. The zero-order valence-electron chi connectivity index (χ0n) is 11.6. The summed E-state index contributed by atoms with van der Waals surface area (Å²) in [6.07, 6.45) is 1.89. The van der Waals surface area contributed by atoms with E-state index < -0.39 is 20.0 Å². The van der Waals surface area contributed by atoms with E-state index in [0.29, 0.717) is 5.56 Å². The number of nitrogens with two attached hydrogens (primary N) is 1. The first-order valence-electron chi connectivity index (χ1n) is 6.38. The van der Waals surface area contributed by atoms with Gasteiger partial charge in [-0.1, -0.05) is 6.07 Å². The summed E-state index contributed by atoms with van der Waals surface area (Å²) in [5.74, 6) is 0.492. The van der Waals surface area contributed by atoms with Gasteiger partial charge in [-0.05, 0) is 36.5 Å². The van der Waals surface area contributed by atoms with Gasteiger partial charge in [0.25, 0.3) is 0 Å². The van der Waals surface area contributed by atoms with E-state index in [4.69, 9.17) is 9.88 Å². The van der Waals surface area contributed by atoms with Crippen LogP contribution in [0.25, 0.3) is 0 Å². The molecule has 7 nitrogen and oxygen atoms in total. The average Bonchev–Trinajstić information content (AvgIpc) is 3.18. The number of methoxy groups -OCH3 is 1. The maximum Gasteiger partial charge on any atom is 0.241 e. The van der Waals surface area contributed by atoms with Crippen molar-refractivity contribution < 1.29 is 21.6 Å². The Hall–Kier alpha value is -1.16. The molecular weight excluding hydrogens is 316 g/mol. The molecule has 0 saturated heterocycles. The van der Waals surface area contributed by atoms with Gasteiger partial charge >= 0.3 is 0 Å². The Balaban J connectivity index is 2.13. The Kier molecular flexibility index (Phi) is 4.57. The number of sulfonamides is 2. The lowest BCUT2D eigenvalue weighted by Crippen LogP contribution is -2.27. The van der Waals surface area contributed by atoms with E-state index in [1.54, 1.807) is 6.07 Å². The van der Waals surface area contributed by atoms with Gasteiger partial charge < -0.3 is 4.74 Å². The van der Waals surface area contributed by atoms with Gasteiger partial charge in [-0.15, -0.1) is 0 Å². The van der Waals surface area contributed by atoms with Crippen LogP contribution in [-0.4, -0.2) is 29.7 Å². The van der Waals surface area contributed by atoms with E-state index in [1.165, 1.54) is 19.2 Å². The molecule has 1 aliphatic rings. The fourth-order valence-corrected chi connectivity index (χ4v) is 4.11. The van der Waals surface area contributed by atoms with Crippen LogP contribution in [0.5, 0.6) is 5.75 Å². The maximum atomic E-state index is 11.8. The zero-order chi connectivity index (χ0) is 15.7. The number of hydrogen-bond acceptors (Lipinski definition) is 5. The quantitative estimate of drug-likeness (QED) is 0.737. The summed E-state index contributed by atoms with van der Waals surface area (Å²) in [5, 5.41) is 5.11. The zero-order valence-corrected chi connectivity index (χ0v) is 13.2. The third kappa shape index (κ3) is 4.67. The maximum absolute atomic E-state index is 11.8. The van der Waals surface area contributed by atoms with Crippen molar-refractivity contribution in [1.29, 1.82) is 0 Å². The molecule has 0 spiro atoms. The first-order chi connectivity index (χ1) is 9.71. The monoisotopic (exact) mass is 334 g/mol. The smallest absolute Gasteiger partial charge is 0.241 e. The molecule has 0 amide bonds. The van der Waals surface area contributed by atoms with Crippen LogP contribution < -0.4 is 14.6 Å². The van der Waals surface area contributed by atoms with E-state index in [-0.39, 0.29) is 28.9 Å². The van der Waals surface area contributed by atoms with E-state index >= 15 is 0 Å². The number of nitrogens with one attached hydrogen (secondary N) is 1. The van der Waals surface area contributed by atoms with Crippen molar-refractivity contribution in [2.24, 2.45) is 11.1 Å². The largest absolute Gasteiger partial charge is 0.495 e. The third-order valence-corrected chi connectivity index (χ3v) is 5.61. The number of ether oxygens (including phenoxy) is 1. The Morgan fingerprint density at radius 3 is 2.48 bits per heavy atom. The Morgan fingerprint density at radius 2 is 1.95 bits per heavy atom. The van der Waals surface area contributed by atoms with Crippen molar-refractivity contribution in [2.75, 3.05) is 12.9 Å². The molecule has 0 bridgehead atoms. The highest BCUT2D eigenvalue weighted by Gasteiger charge is 2.27. The van der Waals surface area contributed by atoms with E-state index in [0.717, 1.165) is 12.8 Å². The lowest BCUT2D eigenvalue weighted by molar-refractivity contribution is 0.402. The van der Waals surface area contributed by atoms with Crippen LogP contribution in [0.3, 0.4) is 0 Å². The molecule has 3 N–H and O–H groups in total. The summed E-state index contributed by atoms with van der Waals surface area (Å²) in [5.41, 5.74) is 0.499. The standard InChI is InChI=1S/C12H18N2O5S2/c1-19-11-5-4-10(6-12(11)21(13,17)18)7-14-20(15,16)8-9-2-3-9/h4-6,9,14H,2-3,7-8H2,1H3,(H2,13,17,18). The summed E-state index contributed by atoms with van der Waals surface area (Å²) in [4.78, 5) is -0.163. The van der Waals surface area contributed by atoms with Gasteiger partial charge in [0.2, 0.25) is 20.0 Å². The van der Waals surface area contributed by atoms with Crippen LogP contribution in [0.4, 0.5) is 0 Å². The number of primary sulfonamides is 1. The first kappa shape index (κ1) is 16.2. The lowest BCUT2D eigenvalue weighted by Gasteiger charge is -2.10. The van der Waals surface area contributed by atoms with Gasteiger partial charge in [-0.2, -0.15) is 0 Å². The molecule has 1 fully saturated rings. The second-order valence-electron chi connectivity index (χ2n) is 5.08. The molecular formula is C12H18N2O5S2. The fourth-order valence-electron chi connectivity index (χ4n) is 1.90. The van der Waals surface area contributed by atoms with Crippen LogP contribution in [0.15, 0.2) is 23.1 Å². The minimum Gasteiger partial charge on any atom is -0.495 e. The van der Waals surface area contributed by atoms with Crippen molar-refractivity contribution in [3.63, 3.8) is 0 Å². The van der Waals surface area contributed by atoms with E-state index in [9.17, 15) is 16.8 Å². The lowest BCUT2D eigenvalue weighted by atomic mass is 10.2. The van der Waals surface area contributed by atoms with Gasteiger partial charge in [0.15, 0.2) is 0 Å². The SMILES string of the molecule is COc1ccc(CNS(=O)(=O)CC2CC2)cc1S(N)(=O)=O. The summed E-state index contributed by atoms with van der Waals surface area (Å²) >= 11 is 0. The van der Waals surface area contributed by atoms with Crippen LogP contribution >= 0.6 is 0 Å². The van der Waals surface area contributed by atoms with Crippen LogP contribution in [0, 0.1) is 5.92 Å². The Labute approximate surface area is 124 Å². The summed E-state index contributed by atoms with van der Waals surface area (Å²) in [7, 11) is -5.94. The molecule has 0 radical (unpaired) electrons. The molecule has 1 aromatic rings. The van der Waals surface area contributed by atoms with E-state index in [1.807, 2.05) is 0 Å². The number of rotatable bonds is 7. The molecule has 9 heteroatoms. The average molecular weight is 334 g/mol. The predicted molar refractivity (Wildman–Crippen MR) is 77.7 cm³/mol. The molecule has 1 saturated carbocycles. The summed E-state index contributed by atoms with van der Waals surface area (Å²) in [6, 6.07) is 4.35. The Morgan fingerprint density at radius 1 is 1.29 bits per heavy atom. The molecule has 2 rings (SSSR count). The van der Waals surface area contributed by atoms with Gasteiger partial charge in [-0.3, -0.25) is 0 Å². The molecule has 1 aliphatic carbocycles. The molecule has 0 aromatic heterocycles. The highest BCUT2D eigenvalue weighted by atomic mass is 32.2. The first-order valence-corrected chi connectivity index (χ1v) is 9.58.